The van der Waals surface area contributed by atoms with Crippen LogP contribution in [-0.4, -0.2) is 19.8 Å². The molecule has 108 valence electrons. The summed E-state index contributed by atoms with van der Waals surface area (Å²) in [7, 11) is 1.63. The molecule has 0 heterocycles. The van der Waals surface area contributed by atoms with Crippen LogP contribution in [0.25, 0.3) is 0 Å². The largest absolute Gasteiger partial charge is 0.493 e. The van der Waals surface area contributed by atoms with Crippen LogP contribution in [0, 0.1) is 11.3 Å². The maximum Gasteiger partial charge on any atom is 0.161 e. The molecule has 0 saturated heterocycles. The summed E-state index contributed by atoms with van der Waals surface area (Å²) in [4.78, 5) is 0. The van der Waals surface area contributed by atoms with E-state index in [0.29, 0.717) is 11.5 Å². The summed E-state index contributed by atoms with van der Waals surface area (Å²) in [6.07, 6.45) is 4.85. The highest BCUT2D eigenvalue weighted by Crippen LogP contribution is 2.35. The third kappa shape index (κ3) is 2.88. The highest BCUT2D eigenvalue weighted by molar-refractivity contribution is 5.47. The highest BCUT2D eigenvalue weighted by atomic mass is 16.5. The Bertz CT molecular complexity index is 504. The van der Waals surface area contributed by atoms with Gasteiger partial charge in [-0.15, -0.1) is 0 Å². The van der Waals surface area contributed by atoms with Gasteiger partial charge in [-0.25, -0.2) is 0 Å². The summed E-state index contributed by atoms with van der Waals surface area (Å²) in [6.45, 7) is 2.12. The van der Waals surface area contributed by atoms with Crippen molar-refractivity contribution in [1.29, 1.82) is 5.26 Å². The Morgan fingerprint density at radius 2 is 2.05 bits per heavy atom. The summed E-state index contributed by atoms with van der Waals surface area (Å²) >= 11 is 0. The van der Waals surface area contributed by atoms with Gasteiger partial charge in [0.05, 0.1) is 24.7 Å². The van der Waals surface area contributed by atoms with Gasteiger partial charge in [-0.2, -0.15) is 5.26 Å². The Labute approximate surface area is 120 Å². The van der Waals surface area contributed by atoms with Crippen LogP contribution in [0.4, 0.5) is 0 Å². The fraction of sp³-hybridized carbons (Fsp3) is 0.562. The molecular formula is C16H22N2O2. The first-order valence-electron chi connectivity index (χ1n) is 7.09. The van der Waals surface area contributed by atoms with Crippen molar-refractivity contribution < 1.29 is 9.47 Å². The van der Waals surface area contributed by atoms with E-state index in [2.05, 4.69) is 6.07 Å². The van der Waals surface area contributed by atoms with Crippen molar-refractivity contribution in [2.45, 2.75) is 44.1 Å². The third-order valence-corrected chi connectivity index (χ3v) is 4.05. The summed E-state index contributed by atoms with van der Waals surface area (Å²) in [5.41, 5.74) is 5.92. The molecule has 4 nitrogen and oxygen atoms in total. The molecule has 1 aromatic carbocycles. The monoisotopic (exact) mass is 274 g/mol. The Morgan fingerprint density at radius 3 is 2.60 bits per heavy atom. The first-order chi connectivity index (χ1) is 9.62. The number of nitrogens with two attached hydrogens (primary N) is 1. The number of nitriles is 1. The number of rotatable bonds is 5. The zero-order valence-electron chi connectivity index (χ0n) is 12.2. The van der Waals surface area contributed by atoms with Crippen LogP contribution in [0.5, 0.6) is 11.5 Å². The predicted molar refractivity (Wildman–Crippen MR) is 77.9 cm³/mol. The Morgan fingerprint density at radius 1 is 1.35 bits per heavy atom. The van der Waals surface area contributed by atoms with Gasteiger partial charge in [0.25, 0.3) is 0 Å². The molecule has 1 saturated carbocycles. The lowest BCUT2D eigenvalue weighted by Crippen LogP contribution is -2.30. The maximum atomic E-state index is 9.34. The molecular weight excluding hydrogens is 252 g/mol. The van der Waals surface area contributed by atoms with Gasteiger partial charge in [0.1, 0.15) is 0 Å². The second-order valence-electron chi connectivity index (χ2n) is 5.54. The molecule has 1 aliphatic carbocycles. The lowest BCUT2D eigenvalue weighted by atomic mass is 9.84. The highest BCUT2D eigenvalue weighted by Gasteiger charge is 2.27. The van der Waals surface area contributed by atoms with Crippen LogP contribution in [0.2, 0.25) is 0 Å². The lowest BCUT2D eigenvalue weighted by Gasteiger charge is -2.22. The summed E-state index contributed by atoms with van der Waals surface area (Å²) in [5, 5.41) is 9.34. The van der Waals surface area contributed by atoms with Gasteiger partial charge in [-0.1, -0.05) is 6.07 Å². The Balaban J connectivity index is 2.31. The Kier molecular flexibility index (Phi) is 4.51. The molecule has 1 fully saturated rings. The van der Waals surface area contributed by atoms with Crippen molar-refractivity contribution in [2.75, 3.05) is 13.7 Å². The summed E-state index contributed by atoms with van der Waals surface area (Å²) in [5.74, 6) is 1.42. The first-order valence-corrected chi connectivity index (χ1v) is 7.09. The molecule has 1 unspecified atom stereocenters. The minimum absolute atomic E-state index is 0.255. The van der Waals surface area contributed by atoms with Gasteiger partial charge in [0, 0.05) is 6.54 Å². The summed E-state index contributed by atoms with van der Waals surface area (Å²) < 4.78 is 11.4. The van der Waals surface area contributed by atoms with Crippen molar-refractivity contribution in [3.63, 3.8) is 0 Å². The molecule has 2 N–H and O–H groups in total. The normalized spacial score (nSPS) is 18.3. The van der Waals surface area contributed by atoms with Crippen LogP contribution < -0.4 is 15.2 Å². The van der Waals surface area contributed by atoms with Crippen molar-refractivity contribution in [3.05, 3.63) is 23.8 Å². The number of ether oxygens (including phenoxy) is 2. The van der Waals surface area contributed by atoms with Gasteiger partial charge < -0.3 is 15.2 Å². The molecule has 20 heavy (non-hydrogen) atoms. The molecule has 1 atom stereocenters. The van der Waals surface area contributed by atoms with Gasteiger partial charge in [-0.05, 0) is 50.3 Å². The van der Waals surface area contributed by atoms with E-state index in [0.717, 1.165) is 18.4 Å². The van der Waals surface area contributed by atoms with E-state index in [1.54, 1.807) is 7.11 Å². The minimum atomic E-state index is -0.694. The predicted octanol–water partition coefficient (Wildman–Crippen LogP) is 2.76. The SMILES string of the molecule is COc1ccc(C(C)(C#N)CN)cc1OC1CCCC1. The molecule has 0 aliphatic heterocycles. The van der Waals surface area contributed by atoms with E-state index in [-0.39, 0.29) is 12.6 Å². The average Bonchev–Trinajstić information content (AvgIpc) is 2.99. The van der Waals surface area contributed by atoms with Crippen molar-refractivity contribution in [3.8, 4) is 17.6 Å². The van der Waals surface area contributed by atoms with E-state index in [9.17, 15) is 5.26 Å². The van der Waals surface area contributed by atoms with E-state index < -0.39 is 5.41 Å². The molecule has 0 spiro atoms. The van der Waals surface area contributed by atoms with E-state index in [1.165, 1.54) is 12.8 Å². The van der Waals surface area contributed by atoms with Crippen molar-refractivity contribution in [2.24, 2.45) is 5.73 Å². The van der Waals surface area contributed by atoms with E-state index >= 15 is 0 Å². The standard InChI is InChI=1S/C16H22N2O2/c1-16(10-17,11-18)12-7-8-14(19-2)15(9-12)20-13-5-3-4-6-13/h7-9,13H,3-6,10,17H2,1-2H3. The quantitative estimate of drug-likeness (QED) is 0.896. The van der Waals surface area contributed by atoms with Crippen LogP contribution in [0.1, 0.15) is 38.2 Å². The Hall–Kier alpha value is -1.73. The number of methoxy groups -OCH3 is 1. The lowest BCUT2D eigenvalue weighted by molar-refractivity contribution is 0.200. The van der Waals surface area contributed by atoms with E-state index in [1.807, 2.05) is 25.1 Å². The molecule has 2 rings (SSSR count). The van der Waals surface area contributed by atoms with Crippen molar-refractivity contribution in [1.82, 2.24) is 0 Å². The molecule has 0 radical (unpaired) electrons. The summed E-state index contributed by atoms with van der Waals surface area (Å²) in [6, 6.07) is 7.91. The smallest absolute Gasteiger partial charge is 0.161 e. The second kappa shape index (κ2) is 6.15. The third-order valence-electron chi connectivity index (χ3n) is 4.05. The minimum Gasteiger partial charge on any atom is -0.493 e. The maximum absolute atomic E-state index is 9.34. The van der Waals surface area contributed by atoms with Crippen LogP contribution >= 0.6 is 0 Å². The van der Waals surface area contributed by atoms with Crippen LogP contribution in [0.3, 0.4) is 0 Å². The number of benzene rings is 1. The topological polar surface area (TPSA) is 68.3 Å². The zero-order chi connectivity index (χ0) is 14.6. The first kappa shape index (κ1) is 14.7. The molecule has 1 aliphatic rings. The van der Waals surface area contributed by atoms with Gasteiger partial charge in [-0.3, -0.25) is 0 Å². The van der Waals surface area contributed by atoms with Gasteiger partial charge >= 0.3 is 0 Å². The molecule has 0 amide bonds. The van der Waals surface area contributed by atoms with Crippen LogP contribution in [-0.2, 0) is 5.41 Å². The number of nitrogens with zero attached hydrogens (tertiary/aromatic N) is 1. The zero-order valence-corrected chi connectivity index (χ0v) is 12.2. The van der Waals surface area contributed by atoms with Gasteiger partial charge in [0.15, 0.2) is 11.5 Å². The van der Waals surface area contributed by atoms with E-state index in [4.69, 9.17) is 15.2 Å². The fourth-order valence-electron chi connectivity index (χ4n) is 2.53. The molecule has 0 bridgehead atoms. The molecule has 4 heteroatoms. The van der Waals surface area contributed by atoms with Crippen molar-refractivity contribution >= 4 is 0 Å². The second-order valence-corrected chi connectivity index (χ2v) is 5.54. The van der Waals surface area contributed by atoms with Crippen LogP contribution in [0.15, 0.2) is 18.2 Å². The number of hydrogen-bond acceptors (Lipinski definition) is 4. The average molecular weight is 274 g/mol. The fourth-order valence-corrected chi connectivity index (χ4v) is 2.53. The molecule has 1 aromatic rings. The van der Waals surface area contributed by atoms with Gasteiger partial charge in [0.2, 0.25) is 0 Å². The molecule has 0 aromatic heterocycles. The number of hydrogen-bond donors (Lipinski definition) is 1.